The van der Waals surface area contributed by atoms with Crippen LogP contribution in [-0.4, -0.2) is 36.2 Å². The lowest BCUT2D eigenvalue weighted by Gasteiger charge is -2.24. The first-order valence-corrected chi connectivity index (χ1v) is 9.40. The summed E-state index contributed by atoms with van der Waals surface area (Å²) in [5, 5.41) is 3.54. The minimum atomic E-state index is -0.422. The van der Waals surface area contributed by atoms with E-state index in [0.29, 0.717) is 12.0 Å². The summed E-state index contributed by atoms with van der Waals surface area (Å²) in [7, 11) is 0. The topological polar surface area (TPSA) is 41.6 Å². The van der Waals surface area contributed by atoms with Crippen molar-refractivity contribution in [1.82, 2.24) is 10.2 Å². The summed E-state index contributed by atoms with van der Waals surface area (Å²) in [6.07, 6.45) is 1.94. The van der Waals surface area contributed by atoms with Gasteiger partial charge in [-0.15, -0.1) is 11.3 Å². The molecule has 1 N–H and O–H groups in total. The maximum absolute atomic E-state index is 12.1. The van der Waals surface area contributed by atoms with Gasteiger partial charge < -0.3 is 15.0 Å². The average molecular weight is 359 g/mol. The molecule has 1 aliphatic heterocycles. The van der Waals surface area contributed by atoms with Crippen molar-refractivity contribution >= 4 is 29.0 Å². The number of hydrogen-bond donors (Lipinski definition) is 1. The van der Waals surface area contributed by atoms with Crippen molar-refractivity contribution in [3.8, 4) is 0 Å². The van der Waals surface area contributed by atoms with Gasteiger partial charge in [0.2, 0.25) is 0 Å². The maximum atomic E-state index is 12.1. The molecule has 0 saturated carbocycles. The minimum Gasteiger partial charge on any atom is -0.444 e. The van der Waals surface area contributed by atoms with Gasteiger partial charge in [0.15, 0.2) is 0 Å². The van der Waals surface area contributed by atoms with Gasteiger partial charge in [-0.3, -0.25) is 0 Å². The SMILES string of the molecule is CC(NCCC1CCN(C(=O)OC(C)(C)C)C1)c1ccc(Cl)s1. The van der Waals surface area contributed by atoms with Gasteiger partial charge in [0.05, 0.1) is 4.34 Å². The van der Waals surface area contributed by atoms with Crippen LogP contribution in [0.5, 0.6) is 0 Å². The molecule has 1 aromatic heterocycles. The Morgan fingerprint density at radius 2 is 2.26 bits per heavy atom. The fourth-order valence-corrected chi connectivity index (χ4v) is 3.81. The van der Waals surface area contributed by atoms with E-state index in [1.165, 1.54) is 4.88 Å². The molecule has 1 fully saturated rings. The number of nitrogens with one attached hydrogen (secondary N) is 1. The van der Waals surface area contributed by atoms with Crippen molar-refractivity contribution in [1.29, 1.82) is 0 Å². The van der Waals surface area contributed by atoms with Crippen LogP contribution in [0.1, 0.15) is 51.5 Å². The summed E-state index contributed by atoms with van der Waals surface area (Å²) in [4.78, 5) is 15.1. The van der Waals surface area contributed by atoms with Crippen LogP contribution in [0.4, 0.5) is 4.79 Å². The van der Waals surface area contributed by atoms with E-state index in [9.17, 15) is 4.79 Å². The molecule has 1 aliphatic rings. The van der Waals surface area contributed by atoms with E-state index in [2.05, 4.69) is 18.3 Å². The number of carbonyl (C=O) groups is 1. The van der Waals surface area contributed by atoms with Crippen LogP contribution in [0.15, 0.2) is 12.1 Å². The zero-order chi connectivity index (χ0) is 17.0. The van der Waals surface area contributed by atoms with Crippen molar-refractivity contribution in [3.63, 3.8) is 0 Å². The van der Waals surface area contributed by atoms with Gasteiger partial charge in [-0.1, -0.05) is 11.6 Å². The molecular weight excluding hydrogens is 332 g/mol. The van der Waals surface area contributed by atoms with E-state index in [4.69, 9.17) is 16.3 Å². The molecule has 1 amide bonds. The van der Waals surface area contributed by atoms with E-state index in [-0.39, 0.29) is 6.09 Å². The van der Waals surface area contributed by atoms with Crippen LogP contribution in [0.25, 0.3) is 0 Å². The number of carbonyl (C=O) groups excluding carboxylic acids is 1. The summed E-state index contributed by atoms with van der Waals surface area (Å²) in [6.45, 7) is 10.4. The average Bonchev–Trinajstić information content (AvgIpc) is 3.05. The highest BCUT2D eigenvalue weighted by Crippen LogP contribution is 2.27. The summed E-state index contributed by atoms with van der Waals surface area (Å²) in [6, 6.07) is 4.33. The number of nitrogens with zero attached hydrogens (tertiary/aromatic N) is 1. The smallest absolute Gasteiger partial charge is 0.410 e. The quantitative estimate of drug-likeness (QED) is 0.829. The minimum absolute atomic E-state index is 0.186. The molecular formula is C17H27ClN2O2S. The van der Waals surface area contributed by atoms with Crippen molar-refractivity contribution < 1.29 is 9.53 Å². The Kier molecular flexibility index (Phi) is 6.34. The second-order valence-corrected chi connectivity index (χ2v) is 8.93. The highest BCUT2D eigenvalue weighted by atomic mass is 35.5. The first-order valence-electron chi connectivity index (χ1n) is 8.21. The lowest BCUT2D eigenvalue weighted by atomic mass is 10.1. The molecule has 0 spiro atoms. The molecule has 2 rings (SSSR count). The van der Waals surface area contributed by atoms with Crippen LogP contribution in [0.3, 0.4) is 0 Å². The van der Waals surface area contributed by atoms with Crippen LogP contribution >= 0.6 is 22.9 Å². The fraction of sp³-hybridized carbons (Fsp3) is 0.706. The largest absolute Gasteiger partial charge is 0.444 e. The van der Waals surface area contributed by atoms with Gasteiger partial charge >= 0.3 is 6.09 Å². The molecule has 23 heavy (non-hydrogen) atoms. The predicted molar refractivity (Wildman–Crippen MR) is 96.3 cm³/mol. The molecule has 0 aromatic carbocycles. The Bertz CT molecular complexity index is 527. The van der Waals surface area contributed by atoms with Gasteiger partial charge in [0.1, 0.15) is 5.60 Å². The Morgan fingerprint density at radius 1 is 1.52 bits per heavy atom. The van der Waals surface area contributed by atoms with Gasteiger partial charge in [0.25, 0.3) is 0 Å². The third-order valence-electron chi connectivity index (χ3n) is 3.96. The zero-order valence-corrected chi connectivity index (χ0v) is 16.0. The predicted octanol–water partition coefficient (Wildman–Crippen LogP) is 4.70. The fourth-order valence-electron chi connectivity index (χ4n) is 2.73. The Labute approximate surface area is 148 Å². The summed E-state index contributed by atoms with van der Waals surface area (Å²) in [5.41, 5.74) is -0.422. The van der Waals surface area contributed by atoms with Crippen LogP contribution < -0.4 is 5.32 Å². The number of amides is 1. The third-order valence-corrected chi connectivity index (χ3v) is 5.38. The van der Waals surface area contributed by atoms with E-state index >= 15 is 0 Å². The molecule has 0 bridgehead atoms. The van der Waals surface area contributed by atoms with E-state index < -0.39 is 5.60 Å². The highest BCUT2D eigenvalue weighted by molar-refractivity contribution is 7.16. The van der Waals surface area contributed by atoms with Crippen LogP contribution in [0.2, 0.25) is 4.34 Å². The molecule has 0 radical (unpaired) electrons. The van der Waals surface area contributed by atoms with Gasteiger partial charge in [-0.05, 0) is 65.1 Å². The Morgan fingerprint density at radius 3 is 2.87 bits per heavy atom. The van der Waals surface area contributed by atoms with Crippen LogP contribution in [-0.2, 0) is 4.74 Å². The van der Waals surface area contributed by atoms with Gasteiger partial charge in [0, 0.05) is 24.0 Å². The van der Waals surface area contributed by atoms with Crippen LogP contribution in [0, 0.1) is 5.92 Å². The molecule has 130 valence electrons. The Hall–Kier alpha value is -0.780. The van der Waals surface area contributed by atoms with Crippen molar-refractivity contribution in [2.45, 2.75) is 52.2 Å². The molecule has 6 heteroatoms. The van der Waals surface area contributed by atoms with Crippen molar-refractivity contribution in [3.05, 3.63) is 21.3 Å². The number of halogens is 1. The first-order chi connectivity index (χ1) is 10.7. The number of hydrogen-bond acceptors (Lipinski definition) is 4. The lowest BCUT2D eigenvalue weighted by Crippen LogP contribution is -2.35. The number of rotatable bonds is 5. The normalized spacial score (nSPS) is 19.9. The molecule has 2 heterocycles. The van der Waals surface area contributed by atoms with E-state index in [1.807, 2.05) is 31.7 Å². The standard InChI is InChI=1S/C17H27ClN2O2S/c1-12(14-5-6-15(18)23-14)19-9-7-13-8-10-20(11-13)16(21)22-17(2,3)4/h5-6,12-13,19H,7-11H2,1-4H3. The van der Waals surface area contributed by atoms with Crippen molar-refractivity contribution in [2.24, 2.45) is 5.92 Å². The number of thiophene rings is 1. The second kappa shape index (κ2) is 7.86. The van der Waals surface area contributed by atoms with E-state index in [0.717, 1.165) is 36.8 Å². The molecule has 1 saturated heterocycles. The van der Waals surface area contributed by atoms with Gasteiger partial charge in [-0.25, -0.2) is 4.79 Å². The molecule has 1 aromatic rings. The molecule has 4 nitrogen and oxygen atoms in total. The molecule has 2 atom stereocenters. The van der Waals surface area contributed by atoms with Gasteiger partial charge in [-0.2, -0.15) is 0 Å². The number of ether oxygens (including phenoxy) is 1. The van der Waals surface area contributed by atoms with E-state index in [1.54, 1.807) is 11.3 Å². The maximum Gasteiger partial charge on any atom is 0.410 e. The number of likely N-dealkylation sites (tertiary alicyclic amines) is 1. The first kappa shape index (κ1) is 18.6. The Balaban J connectivity index is 1.69. The molecule has 0 aliphatic carbocycles. The highest BCUT2D eigenvalue weighted by Gasteiger charge is 2.29. The summed E-state index contributed by atoms with van der Waals surface area (Å²) >= 11 is 7.60. The monoisotopic (exact) mass is 358 g/mol. The van der Waals surface area contributed by atoms with Crippen molar-refractivity contribution in [2.75, 3.05) is 19.6 Å². The molecule has 2 unspecified atom stereocenters. The summed E-state index contributed by atoms with van der Waals surface area (Å²) in [5.74, 6) is 0.550. The third kappa shape index (κ3) is 5.98. The summed E-state index contributed by atoms with van der Waals surface area (Å²) < 4.78 is 6.26. The zero-order valence-electron chi connectivity index (χ0n) is 14.4. The lowest BCUT2D eigenvalue weighted by molar-refractivity contribution is 0.0287. The second-order valence-electron chi connectivity index (χ2n) is 7.19.